The van der Waals surface area contributed by atoms with Crippen molar-refractivity contribution in [2.75, 3.05) is 19.8 Å². The Morgan fingerprint density at radius 1 is 1.18 bits per heavy atom. The van der Waals surface area contributed by atoms with E-state index >= 15 is 0 Å². The molecule has 0 aliphatic carbocycles. The molecule has 0 radical (unpaired) electrons. The molecule has 1 aliphatic heterocycles. The normalized spacial score (nSPS) is 15.2. The van der Waals surface area contributed by atoms with Gasteiger partial charge in [-0.1, -0.05) is 12.1 Å². The van der Waals surface area contributed by atoms with Crippen molar-refractivity contribution in [2.24, 2.45) is 0 Å². The highest BCUT2D eigenvalue weighted by atomic mass is 32.1. The standard InChI is InChI=1S/C20H16FNO5S/c21-13-5-6-17-12(7-13)8-18(28-17)20(24)26-11-19(23)22-9-14-10-25-15-3-1-2-4-16(15)27-14/h1-8,14H,9-11H2,(H,22,23)/t14-/m1/s1. The van der Waals surface area contributed by atoms with Crippen molar-refractivity contribution in [3.05, 3.63) is 59.2 Å². The Morgan fingerprint density at radius 3 is 2.86 bits per heavy atom. The summed E-state index contributed by atoms with van der Waals surface area (Å²) in [5.41, 5.74) is 0. The summed E-state index contributed by atoms with van der Waals surface area (Å²) in [6.45, 7) is 0.133. The number of carbonyl (C=O) groups excluding carboxylic acids is 2. The van der Waals surface area contributed by atoms with Crippen LogP contribution in [-0.2, 0) is 9.53 Å². The molecule has 8 heteroatoms. The summed E-state index contributed by atoms with van der Waals surface area (Å²) in [5.74, 6) is -0.144. The summed E-state index contributed by atoms with van der Waals surface area (Å²) in [7, 11) is 0. The maximum absolute atomic E-state index is 13.2. The van der Waals surface area contributed by atoms with E-state index in [4.69, 9.17) is 14.2 Å². The molecule has 1 N–H and O–H groups in total. The van der Waals surface area contributed by atoms with E-state index in [2.05, 4.69) is 5.32 Å². The fraction of sp³-hybridized carbons (Fsp3) is 0.200. The van der Waals surface area contributed by atoms with Gasteiger partial charge in [-0.15, -0.1) is 11.3 Å². The molecule has 2 aromatic carbocycles. The van der Waals surface area contributed by atoms with Crippen LogP contribution < -0.4 is 14.8 Å². The van der Waals surface area contributed by atoms with Gasteiger partial charge in [0.25, 0.3) is 5.91 Å². The molecule has 1 aromatic heterocycles. The second kappa shape index (κ2) is 7.85. The van der Waals surface area contributed by atoms with Crippen molar-refractivity contribution in [2.45, 2.75) is 6.10 Å². The number of benzene rings is 2. The Kier molecular flexibility index (Phi) is 5.12. The number of halogens is 1. The van der Waals surface area contributed by atoms with Crippen molar-refractivity contribution in [3.63, 3.8) is 0 Å². The van der Waals surface area contributed by atoms with E-state index in [0.29, 0.717) is 28.4 Å². The summed E-state index contributed by atoms with van der Waals surface area (Å²) in [6, 6.07) is 13.1. The molecule has 0 unspecified atom stereocenters. The zero-order valence-corrected chi connectivity index (χ0v) is 15.5. The summed E-state index contributed by atoms with van der Waals surface area (Å²) in [6.07, 6.45) is -0.327. The van der Waals surface area contributed by atoms with Gasteiger partial charge in [0.05, 0.1) is 6.54 Å². The number of hydrogen-bond donors (Lipinski definition) is 1. The van der Waals surface area contributed by atoms with E-state index in [-0.39, 0.29) is 18.5 Å². The van der Waals surface area contributed by atoms with Crippen molar-refractivity contribution in [1.82, 2.24) is 5.32 Å². The molecule has 6 nitrogen and oxygen atoms in total. The van der Waals surface area contributed by atoms with Crippen LogP contribution in [0.25, 0.3) is 10.1 Å². The minimum absolute atomic E-state index is 0.229. The van der Waals surface area contributed by atoms with Crippen LogP contribution >= 0.6 is 11.3 Å². The zero-order chi connectivity index (χ0) is 19.5. The Labute approximate surface area is 163 Å². The van der Waals surface area contributed by atoms with E-state index in [9.17, 15) is 14.0 Å². The van der Waals surface area contributed by atoms with E-state index in [1.54, 1.807) is 18.2 Å². The highest BCUT2D eigenvalue weighted by Gasteiger charge is 2.21. The second-order valence-corrected chi connectivity index (χ2v) is 7.25. The van der Waals surface area contributed by atoms with Gasteiger partial charge in [-0.05, 0) is 41.8 Å². The van der Waals surface area contributed by atoms with Gasteiger partial charge in [0.2, 0.25) is 0 Å². The average molecular weight is 401 g/mol. The van der Waals surface area contributed by atoms with Gasteiger partial charge in [0, 0.05) is 4.70 Å². The predicted molar refractivity (Wildman–Crippen MR) is 101 cm³/mol. The molecule has 1 aliphatic rings. The minimum atomic E-state index is -0.622. The molecule has 0 saturated carbocycles. The number of para-hydroxylation sites is 2. The third kappa shape index (κ3) is 4.07. The van der Waals surface area contributed by atoms with Crippen molar-refractivity contribution in [1.29, 1.82) is 0 Å². The first kappa shape index (κ1) is 18.2. The molecule has 144 valence electrons. The first-order chi connectivity index (χ1) is 13.6. The Balaban J connectivity index is 1.25. The number of rotatable bonds is 5. The molecule has 0 fully saturated rings. The molecular formula is C20H16FNO5S. The summed E-state index contributed by atoms with van der Waals surface area (Å²) < 4.78 is 30.4. The smallest absolute Gasteiger partial charge is 0.348 e. The van der Waals surface area contributed by atoms with Gasteiger partial charge in [-0.2, -0.15) is 0 Å². The van der Waals surface area contributed by atoms with E-state index in [0.717, 1.165) is 4.70 Å². The van der Waals surface area contributed by atoms with Crippen LogP contribution in [0.2, 0.25) is 0 Å². The van der Waals surface area contributed by atoms with Gasteiger partial charge in [-0.25, -0.2) is 9.18 Å². The third-order valence-corrected chi connectivity index (χ3v) is 5.20. The fourth-order valence-electron chi connectivity index (χ4n) is 2.76. The lowest BCUT2D eigenvalue weighted by Crippen LogP contribution is -2.42. The molecule has 28 heavy (non-hydrogen) atoms. The second-order valence-electron chi connectivity index (χ2n) is 6.17. The van der Waals surface area contributed by atoms with Crippen LogP contribution in [0.1, 0.15) is 9.67 Å². The van der Waals surface area contributed by atoms with E-state index in [1.807, 2.05) is 18.2 Å². The van der Waals surface area contributed by atoms with Crippen molar-refractivity contribution < 1.29 is 28.2 Å². The van der Waals surface area contributed by atoms with Crippen molar-refractivity contribution in [3.8, 4) is 11.5 Å². The number of ether oxygens (including phenoxy) is 3. The molecule has 4 rings (SSSR count). The highest BCUT2D eigenvalue weighted by Crippen LogP contribution is 2.30. The Morgan fingerprint density at radius 2 is 2.00 bits per heavy atom. The first-order valence-corrected chi connectivity index (χ1v) is 9.41. The minimum Gasteiger partial charge on any atom is -0.486 e. The van der Waals surface area contributed by atoms with Crippen LogP contribution in [0.3, 0.4) is 0 Å². The van der Waals surface area contributed by atoms with Crippen LogP contribution in [-0.4, -0.2) is 37.7 Å². The highest BCUT2D eigenvalue weighted by molar-refractivity contribution is 7.20. The van der Waals surface area contributed by atoms with Crippen LogP contribution in [0, 0.1) is 5.82 Å². The summed E-state index contributed by atoms with van der Waals surface area (Å²) in [5, 5.41) is 3.28. The topological polar surface area (TPSA) is 73.9 Å². The Bertz CT molecular complexity index is 1030. The molecule has 1 atom stereocenters. The van der Waals surface area contributed by atoms with Crippen LogP contribution in [0.15, 0.2) is 48.5 Å². The Hall–Kier alpha value is -3.13. The van der Waals surface area contributed by atoms with Gasteiger partial charge in [0.1, 0.15) is 23.4 Å². The lowest BCUT2D eigenvalue weighted by molar-refractivity contribution is -0.124. The lowest BCUT2D eigenvalue weighted by atomic mass is 10.2. The molecule has 2 heterocycles. The van der Waals surface area contributed by atoms with Crippen molar-refractivity contribution >= 4 is 33.3 Å². The molecule has 1 amide bonds. The van der Waals surface area contributed by atoms with Gasteiger partial charge in [-0.3, -0.25) is 4.79 Å². The predicted octanol–water partition coefficient (Wildman–Crippen LogP) is 3.15. The molecule has 3 aromatic rings. The maximum atomic E-state index is 13.2. The zero-order valence-electron chi connectivity index (χ0n) is 14.6. The number of thiophene rings is 1. The SMILES string of the molecule is O=C(COC(=O)c1cc2cc(F)ccc2s1)NC[C@@H]1COc2ccccc2O1. The largest absolute Gasteiger partial charge is 0.486 e. The molecular weight excluding hydrogens is 385 g/mol. The number of nitrogens with one attached hydrogen (secondary N) is 1. The fourth-order valence-corrected chi connectivity index (χ4v) is 3.70. The van der Waals surface area contributed by atoms with E-state index in [1.165, 1.54) is 23.5 Å². The molecule has 0 saturated heterocycles. The number of fused-ring (bicyclic) bond motifs is 2. The lowest BCUT2D eigenvalue weighted by Gasteiger charge is -2.26. The number of amides is 1. The summed E-state index contributed by atoms with van der Waals surface area (Å²) in [4.78, 5) is 24.4. The van der Waals surface area contributed by atoms with Gasteiger partial charge < -0.3 is 19.5 Å². The average Bonchev–Trinajstić information content (AvgIpc) is 3.13. The third-order valence-electron chi connectivity index (χ3n) is 4.11. The van der Waals surface area contributed by atoms with Gasteiger partial charge >= 0.3 is 5.97 Å². The van der Waals surface area contributed by atoms with Crippen LogP contribution in [0.4, 0.5) is 4.39 Å². The van der Waals surface area contributed by atoms with Gasteiger partial charge in [0.15, 0.2) is 18.1 Å². The summed E-state index contributed by atoms with van der Waals surface area (Å²) >= 11 is 1.19. The number of hydrogen-bond acceptors (Lipinski definition) is 6. The van der Waals surface area contributed by atoms with Crippen LogP contribution in [0.5, 0.6) is 11.5 Å². The molecule has 0 spiro atoms. The molecule has 0 bridgehead atoms. The quantitative estimate of drug-likeness (QED) is 0.665. The first-order valence-electron chi connectivity index (χ1n) is 8.60. The maximum Gasteiger partial charge on any atom is 0.348 e. The number of carbonyl (C=O) groups is 2. The number of esters is 1. The van der Waals surface area contributed by atoms with E-state index < -0.39 is 18.5 Å². The monoisotopic (exact) mass is 401 g/mol.